The van der Waals surface area contributed by atoms with Gasteiger partial charge in [0, 0.05) is 19.1 Å². The Kier molecular flexibility index (Phi) is 11.3. The van der Waals surface area contributed by atoms with Crippen molar-refractivity contribution in [3.8, 4) is 0 Å². The molecule has 10 heteroatoms. The lowest BCUT2D eigenvalue weighted by atomic mass is 9.86. The van der Waals surface area contributed by atoms with Crippen molar-refractivity contribution in [3.05, 3.63) is 35.9 Å². The Balaban J connectivity index is 1.86. The van der Waals surface area contributed by atoms with Crippen LogP contribution in [0, 0.1) is 5.92 Å². The van der Waals surface area contributed by atoms with Crippen molar-refractivity contribution in [2.24, 2.45) is 22.4 Å². The summed E-state index contributed by atoms with van der Waals surface area (Å²) in [6.07, 6.45) is 4.23. The minimum atomic E-state index is -0.758. The van der Waals surface area contributed by atoms with Gasteiger partial charge in [-0.15, -0.1) is 0 Å². The lowest BCUT2D eigenvalue weighted by Gasteiger charge is -2.29. The number of carbonyl (C=O) groups is 3. The summed E-state index contributed by atoms with van der Waals surface area (Å²) in [6.45, 7) is 2.58. The Bertz CT molecular complexity index is 820. The minimum absolute atomic E-state index is 0.0108. The molecule has 1 aliphatic rings. The van der Waals surface area contributed by atoms with Crippen molar-refractivity contribution in [1.29, 1.82) is 0 Å². The summed E-state index contributed by atoms with van der Waals surface area (Å²) >= 11 is 0. The largest absolute Gasteiger partial charge is 0.481 e. The first-order chi connectivity index (χ1) is 16.3. The highest BCUT2D eigenvalue weighted by Crippen LogP contribution is 2.24. The number of benzene rings is 1. The molecule has 188 valence electrons. The lowest BCUT2D eigenvalue weighted by Crippen LogP contribution is -2.54. The fourth-order valence-electron chi connectivity index (χ4n) is 4.10. The van der Waals surface area contributed by atoms with E-state index in [-0.39, 0.29) is 29.7 Å². The fraction of sp³-hybridized carbons (Fsp3) is 0.583. The van der Waals surface area contributed by atoms with Gasteiger partial charge in [0.25, 0.3) is 0 Å². The van der Waals surface area contributed by atoms with Gasteiger partial charge >= 0.3 is 5.97 Å². The van der Waals surface area contributed by atoms with Crippen LogP contribution in [0.15, 0.2) is 35.3 Å². The summed E-state index contributed by atoms with van der Waals surface area (Å²) in [5, 5.41) is 18.2. The monoisotopic (exact) mass is 474 g/mol. The van der Waals surface area contributed by atoms with Crippen LogP contribution < -0.4 is 27.4 Å². The Morgan fingerprint density at radius 2 is 1.76 bits per heavy atom. The van der Waals surface area contributed by atoms with Crippen molar-refractivity contribution >= 4 is 23.7 Å². The molecule has 0 unspecified atom stereocenters. The summed E-state index contributed by atoms with van der Waals surface area (Å²) in [5.74, 6) is -1.60. The molecule has 0 bridgehead atoms. The number of carbonyl (C=O) groups excluding carboxylic acids is 2. The first-order valence-corrected chi connectivity index (χ1v) is 11.9. The second-order valence-corrected chi connectivity index (χ2v) is 8.81. The Hall–Kier alpha value is -3.14. The first-order valence-electron chi connectivity index (χ1n) is 11.9. The molecule has 0 radical (unpaired) electrons. The van der Waals surface area contributed by atoms with Gasteiger partial charge in [0.2, 0.25) is 11.8 Å². The van der Waals surface area contributed by atoms with E-state index in [0.717, 1.165) is 5.56 Å². The number of aliphatic carboxylic acids is 1. The van der Waals surface area contributed by atoms with E-state index in [4.69, 9.17) is 16.6 Å². The lowest BCUT2D eigenvalue weighted by molar-refractivity contribution is -0.143. The summed E-state index contributed by atoms with van der Waals surface area (Å²) < 4.78 is 0. The molecule has 1 aromatic rings. The maximum Gasteiger partial charge on any atom is 0.306 e. The molecule has 0 saturated heterocycles. The second kappa shape index (κ2) is 14.2. The third-order valence-electron chi connectivity index (χ3n) is 6.09. The van der Waals surface area contributed by atoms with Crippen LogP contribution in [0.4, 0.5) is 0 Å². The molecule has 2 atom stereocenters. The number of hydrogen-bond donors (Lipinski definition) is 6. The zero-order valence-electron chi connectivity index (χ0n) is 19.8. The van der Waals surface area contributed by atoms with E-state index in [0.29, 0.717) is 58.0 Å². The fourth-order valence-corrected chi connectivity index (χ4v) is 4.10. The van der Waals surface area contributed by atoms with Crippen molar-refractivity contribution in [2.75, 3.05) is 13.1 Å². The molecule has 0 heterocycles. The molecule has 1 fully saturated rings. The van der Waals surface area contributed by atoms with Crippen molar-refractivity contribution < 1.29 is 19.5 Å². The van der Waals surface area contributed by atoms with Crippen LogP contribution in [-0.2, 0) is 20.8 Å². The predicted molar refractivity (Wildman–Crippen MR) is 131 cm³/mol. The minimum Gasteiger partial charge on any atom is -0.481 e. The number of nitrogens with zero attached hydrogens (tertiary/aromatic N) is 1. The zero-order chi connectivity index (χ0) is 24.9. The molecule has 34 heavy (non-hydrogen) atoms. The number of aliphatic imine (C=N–C) groups is 1. The third kappa shape index (κ3) is 9.78. The number of amides is 2. The first kappa shape index (κ1) is 27.1. The van der Waals surface area contributed by atoms with Crippen molar-refractivity contribution in [2.45, 2.75) is 70.0 Å². The second-order valence-electron chi connectivity index (χ2n) is 8.81. The Morgan fingerprint density at radius 1 is 1.09 bits per heavy atom. The van der Waals surface area contributed by atoms with E-state index in [1.807, 2.05) is 30.3 Å². The number of carboxylic acid groups (broad SMARTS) is 1. The maximum absolute atomic E-state index is 12.8. The SMILES string of the molecule is C[C@H](NC1CCC(C(=O)O)CC1)C(=O)N[C@@H](CCCN=C(N)N)C(=O)NCCc1ccccc1. The molecule has 1 aromatic carbocycles. The van der Waals surface area contributed by atoms with E-state index in [9.17, 15) is 14.4 Å². The molecule has 0 aliphatic heterocycles. The number of carboxylic acids is 1. The van der Waals surface area contributed by atoms with Gasteiger partial charge in [-0.05, 0) is 57.4 Å². The average molecular weight is 475 g/mol. The van der Waals surface area contributed by atoms with Gasteiger partial charge in [-0.1, -0.05) is 30.3 Å². The molecule has 8 N–H and O–H groups in total. The number of nitrogens with one attached hydrogen (secondary N) is 3. The van der Waals surface area contributed by atoms with E-state index in [1.165, 1.54) is 0 Å². The topological polar surface area (TPSA) is 172 Å². The standard InChI is InChI=1S/C24H38N6O4/c1-16(29-19-11-9-18(10-12-19)23(33)34)21(31)30-20(8-5-14-28-24(25)26)22(32)27-15-13-17-6-3-2-4-7-17/h2-4,6-7,16,18-20,29H,5,8-15H2,1H3,(H,27,32)(H,30,31)(H,33,34)(H4,25,26,28)/t16-,18?,19?,20-/m0/s1. The van der Waals surface area contributed by atoms with Crippen LogP contribution >= 0.6 is 0 Å². The molecule has 1 aliphatic carbocycles. The van der Waals surface area contributed by atoms with E-state index >= 15 is 0 Å². The predicted octanol–water partition coefficient (Wildman–Crippen LogP) is 0.505. The Morgan fingerprint density at radius 3 is 2.38 bits per heavy atom. The molecule has 2 amide bonds. The van der Waals surface area contributed by atoms with Gasteiger partial charge in [0.05, 0.1) is 12.0 Å². The molecule has 2 rings (SSSR count). The van der Waals surface area contributed by atoms with E-state index in [2.05, 4.69) is 20.9 Å². The summed E-state index contributed by atoms with van der Waals surface area (Å²) in [7, 11) is 0. The van der Waals surface area contributed by atoms with Gasteiger partial charge in [0.15, 0.2) is 5.96 Å². The molecular formula is C24H38N6O4. The van der Waals surface area contributed by atoms with Crippen molar-refractivity contribution in [3.63, 3.8) is 0 Å². The smallest absolute Gasteiger partial charge is 0.306 e. The van der Waals surface area contributed by atoms with E-state index in [1.54, 1.807) is 6.92 Å². The Labute approximate surface area is 200 Å². The highest BCUT2D eigenvalue weighted by molar-refractivity contribution is 5.89. The van der Waals surface area contributed by atoms with Gasteiger partial charge in [0.1, 0.15) is 6.04 Å². The highest BCUT2D eigenvalue weighted by atomic mass is 16.4. The number of nitrogens with two attached hydrogens (primary N) is 2. The maximum atomic E-state index is 12.8. The van der Waals surface area contributed by atoms with Crippen LogP contribution in [0.1, 0.15) is 51.0 Å². The van der Waals surface area contributed by atoms with Crippen LogP contribution in [0.25, 0.3) is 0 Å². The van der Waals surface area contributed by atoms with Crippen LogP contribution in [0.3, 0.4) is 0 Å². The third-order valence-corrected chi connectivity index (χ3v) is 6.09. The number of hydrogen-bond acceptors (Lipinski definition) is 5. The van der Waals surface area contributed by atoms with Gasteiger partial charge in [-0.3, -0.25) is 19.4 Å². The summed E-state index contributed by atoms with van der Waals surface area (Å²) in [4.78, 5) is 40.7. The summed E-state index contributed by atoms with van der Waals surface area (Å²) in [6, 6.07) is 8.70. The van der Waals surface area contributed by atoms with E-state index < -0.39 is 18.1 Å². The molecule has 0 aromatic heterocycles. The number of guanidine groups is 1. The van der Waals surface area contributed by atoms with Crippen LogP contribution in [-0.4, -0.2) is 60.1 Å². The molecule has 10 nitrogen and oxygen atoms in total. The molecule has 1 saturated carbocycles. The normalized spacial score (nSPS) is 19.4. The van der Waals surface area contributed by atoms with Crippen LogP contribution in [0.2, 0.25) is 0 Å². The summed E-state index contributed by atoms with van der Waals surface area (Å²) in [5.41, 5.74) is 11.8. The zero-order valence-corrected chi connectivity index (χ0v) is 19.8. The van der Waals surface area contributed by atoms with Gasteiger partial charge in [-0.25, -0.2) is 0 Å². The van der Waals surface area contributed by atoms with Gasteiger partial charge in [-0.2, -0.15) is 0 Å². The molecular weight excluding hydrogens is 436 g/mol. The highest BCUT2D eigenvalue weighted by Gasteiger charge is 2.29. The quantitative estimate of drug-likeness (QED) is 0.137. The average Bonchev–Trinajstić information content (AvgIpc) is 2.81. The number of rotatable bonds is 13. The molecule has 0 spiro atoms. The van der Waals surface area contributed by atoms with Gasteiger partial charge < -0.3 is 32.5 Å². The van der Waals surface area contributed by atoms with Crippen LogP contribution in [0.5, 0.6) is 0 Å². The van der Waals surface area contributed by atoms with Crippen molar-refractivity contribution in [1.82, 2.24) is 16.0 Å².